The molecule has 7 amide bonds. The van der Waals surface area contributed by atoms with Crippen molar-refractivity contribution in [3.63, 3.8) is 0 Å². The number of hydrogen-bond acceptors (Lipinski definition) is 9. The van der Waals surface area contributed by atoms with Crippen molar-refractivity contribution in [2.45, 2.75) is 195 Å². The maximum absolute atomic E-state index is 13.7. The van der Waals surface area contributed by atoms with Crippen molar-refractivity contribution in [3.8, 4) is 0 Å². The predicted octanol–water partition coefficient (Wildman–Crippen LogP) is 4.17. The Bertz CT molecular complexity index is 1370. The van der Waals surface area contributed by atoms with Crippen LogP contribution in [-0.4, -0.2) is 103 Å². The molecule has 0 rings (SSSR count). The molecule has 346 valence electrons. The molecule has 0 aromatic heterocycles. The van der Waals surface area contributed by atoms with E-state index in [0.717, 1.165) is 25.7 Å². The zero-order chi connectivity index (χ0) is 46.0. The minimum Gasteiger partial charge on any atom is -0.467 e. The maximum atomic E-state index is 13.7. The van der Waals surface area contributed by atoms with Crippen LogP contribution in [0.2, 0.25) is 0 Å². The number of unbranched alkanes of at least 4 members (excludes halogenated alkanes) is 10. The quantitative estimate of drug-likeness (QED) is 0.0421. The Morgan fingerprint density at radius 2 is 1.10 bits per heavy atom. The molecule has 16 nitrogen and oxygen atoms in total. The number of nitrogens with one attached hydrogen (secondary N) is 5. The highest BCUT2D eigenvalue weighted by Gasteiger charge is 2.35. The molecule has 60 heavy (non-hydrogen) atoms. The number of nitrogens with zero attached hydrogens (tertiary/aromatic N) is 1. The average molecular weight is 852 g/mol. The van der Waals surface area contributed by atoms with Crippen molar-refractivity contribution in [1.29, 1.82) is 0 Å². The Balaban J connectivity index is 5.50. The van der Waals surface area contributed by atoms with Gasteiger partial charge in [-0.3, -0.25) is 33.6 Å². The second-order valence-electron chi connectivity index (χ2n) is 17.9. The zero-order valence-electron chi connectivity index (χ0n) is 38.8. The summed E-state index contributed by atoms with van der Waals surface area (Å²) in [6.07, 6.45) is 13.2. The SMILES string of the molecule is CCCCCCCCCCCCCC(=O)NC(C)(C)C(=O)N(C)CC(=O)N[C@@H](CC(C)C)C(=O)N[C@H](C(=O)N[C@@H](CCC(N)=O)C(=O)N[C@@H](CC(C)C)C(=O)OC)C(C)C. The Morgan fingerprint density at radius 3 is 1.58 bits per heavy atom. The van der Waals surface area contributed by atoms with Gasteiger partial charge in [-0.15, -0.1) is 0 Å². The Hall–Kier alpha value is -4.24. The number of rotatable bonds is 32. The van der Waals surface area contributed by atoms with E-state index in [2.05, 4.69) is 33.5 Å². The monoisotopic (exact) mass is 852 g/mol. The van der Waals surface area contributed by atoms with Crippen molar-refractivity contribution >= 4 is 47.3 Å². The molecule has 16 heteroatoms. The fourth-order valence-electron chi connectivity index (χ4n) is 6.83. The molecule has 0 aliphatic heterocycles. The molecular weight excluding hydrogens is 771 g/mol. The average Bonchev–Trinajstić information content (AvgIpc) is 3.15. The largest absolute Gasteiger partial charge is 0.467 e. The summed E-state index contributed by atoms with van der Waals surface area (Å²) in [5.41, 5.74) is 4.06. The number of methoxy groups -OCH3 is 1. The lowest BCUT2D eigenvalue weighted by atomic mass is 9.99. The van der Waals surface area contributed by atoms with Gasteiger partial charge in [-0.2, -0.15) is 0 Å². The van der Waals surface area contributed by atoms with Crippen LogP contribution in [0.1, 0.15) is 165 Å². The van der Waals surface area contributed by atoms with Gasteiger partial charge in [0.15, 0.2) is 0 Å². The second kappa shape index (κ2) is 29.9. The van der Waals surface area contributed by atoms with E-state index < -0.39 is 83.6 Å². The Labute approximate surface area is 360 Å². The van der Waals surface area contributed by atoms with Gasteiger partial charge in [-0.25, -0.2) is 4.79 Å². The van der Waals surface area contributed by atoms with Gasteiger partial charge in [-0.05, 0) is 57.3 Å². The lowest BCUT2D eigenvalue weighted by molar-refractivity contribution is -0.146. The third-order valence-electron chi connectivity index (χ3n) is 10.1. The molecule has 0 spiro atoms. The van der Waals surface area contributed by atoms with Crippen LogP contribution in [-0.2, 0) is 43.1 Å². The summed E-state index contributed by atoms with van der Waals surface area (Å²) in [6.45, 7) is 15.8. The van der Waals surface area contributed by atoms with Gasteiger partial charge in [0.1, 0.15) is 29.7 Å². The molecule has 7 N–H and O–H groups in total. The van der Waals surface area contributed by atoms with Crippen LogP contribution in [0, 0.1) is 17.8 Å². The van der Waals surface area contributed by atoms with E-state index in [0.29, 0.717) is 6.42 Å². The summed E-state index contributed by atoms with van der Waals surface area (Å²) in [5, 5.41) is 13.4. The predicted molar refractivity (Wildman–Crippen MR) is 233 cm³/mol. The maximum Gasteiger partial charge on any atom is 0.328 e. The van der Waals surface area contributed by atoms with Gasteiger partial charge in [0, 0.05) is 19.9 Å². The first-order valence-electron chi connectivity index (χ1n) is 22.2. The van der Waals surface area contributed by atoms with Crippen LogP contribution in [0.15, 0.2) is 0 Å². The van der Waals surface area contributed by atoms with Gasteiger partial charge in [0.05, 0.1) is 13.7 Å². The third-order valence-corrected chi connectivity index (χ3v) is 10.1. The van der Waals surface area contributed by atoms with Gasteiger partial charge < -0.3 is 42.0 Å². The van der Waals surface area contributed by atoms with Crippen molar-refractivity contribution in [3.05, 3.63) is 0 Å². The van der Waals surface area contributed by atoms with Crippen LogP contribution in [0.3, 0.4) is 0 Å². The zero-order valence-corrected chi connectivity index (χ0v) is 38.8. The molecule has 0 bridgehead atoms. The molecule has 0 radical (unpaired) electrons. The lowest BCUT2D eigenvalue weighted by Crippen LogP contribution is -2.60. The van der Waals surface area contributed by atoms with Gasteiger partial charge in [0.2, 0.25) is 41.4 Å². The van der Waals surface area contributed by atoms with Crippen LogP contribution in [0.25, 0.3) is 0 Å². The van der Waals surface area contributed by atoms with Crippen molar-refractivity contribution < 1.29 is 43.1 Å². The fraction of sp³-hybridized carbons (Fsp3) is 0.818. The molecule has 0 aromatic carbocycles. The van der Waals surface area contributed by atoms with Crippen LogP contribution in [0.4, 0.5) is 0 Å². The van der Waals surface area contributed by atoms with Crippen LogP contribution in [0.5, 0.6) is 0 Å². The normalized spacial score (nSPS) is 13.5. The van der Waals surface area contributed by atoms with E-state index >= 15 is 0 Å². The molecule has 0 heterocycles. The van der Waals surface area contributed by atoms with E-state index in [1.165, 1.54) is 64.0 Å². The smallest absolute Gasteiger partial charge is 0.328 e. The van der Waals surface area contributed by atoms with Crippen LogP contribution < -0.4 is 32.3 Å². The van der Waals surface area contributed by atoms with Gasteiger partial charge in [-0.1, -0.05) is 113 Å². The highest BCUT2D eigenvalue weighted by molar-refractivity contribution is 5.96. The first-order valence-corrected chi connectivity index (χ1v) is 22.2. The number of carbonyl (C=O) groups excluding carboxylic acids is 8. The number of esters is 1. The molecular formula is C44H81N7O9. The van der Waals surface area contributed by atoms with E-state index in [1.807, 2.05) is 27.7 Å². The lowest BCUT2D eigenvalue weighted by Gasteiger charge is -2.31. The molecule has 0 unspecified atom stereocenters. The minimum absolute atomic E-state index is 0.0158. The molecule has 0 saturated heterocycles. The Kier molecular flexibility index (Phi) is 27.8. The van der Waals surface area contributed by atoms with Gasteiger partial charge in [0.25, 0.3) is 0 Å². The van der Waals surface area contributed by atoms with Gasteiger partial charge >= 0.3 is 5.97 Å². The molecule has 0 aliphatic rings. The number of likely N-dealkylation sites (N-methyl/N-ethyl adjacent to an activating group) is 1. The van der Waals surface area contributed by atoms with E-state index in [9.17, 15) is 38.4 Å². The summed E-state index contributed by atoms with van der Waals surface area (Å²) in [7, 11) is 2.64. The second-order valence-corrected chi connectivity index (χ2v) is 17.9. The molecule has 4 atom stereocenters. The highest BCUT2D eigenvalue weighted by atomic mass is 16.5. The third kappa shape index (κ3) is 24.1. The summed E-state index contributed by atoms with van der Waals surface area (Å²) in [5.74, 6) is -5.36. The summed E-state index contributed by atoms with van der Waals surface area (Å²) in [6, 6.07) is -4.53. The number of amides is 7. The first kappa shape index (κ1) is 55.8. The molecule has 0 saturated carbocycles. The highest BCUT2D eigenvalue weighted by Crippen LogP contribution is 2.15. The number of primary amides is 1. The van der Waals surface area contributed by atoms with E-state index in [-0.39, 0.29) is 43.4 Å². The van der Waals surface area contributed by atoms with Crippen molar-refractivity contribution in [2.24, 2.45) is 23.5 Å². The summed E-state index contributed by atoms with van der Waals surface area (Å²) >= 11 is 0. The number of ether oxygens (including phenoxy) is 1. The number of carbonyl (C=O) groups is 8. The summed E-state index contributed by atoms with van der Waals surface area (Å²) < 4.78 is 4.83. The fourth-order valence-corrected chi connectivity index (χ4v) is 6.83. The topological polar surface area (TPSA) is 235 Å². The molecule has 0 aromatic rings. The molecule has 0 fully saturated rings. The van der Waals surface area contributed by atoms with Crippen molar-refractivity contribution in [1.82, 2.24) is 31.5 Å². The number of nitrogens with two attached hydrogens (primary N) is 1. The van der Waals surface area contributed by atoms with Crippen LogP contribution >= 0.6 is 0 Å². The van der Waals surface area contributed by atoms with E-state index in [1.54, 1.807) is 27.7 Å². The minimum atomic E-state index is -1.28. The summed E-state index contributed by atoms with van der Waals surface area (Å²) in [4.78, 5) is 105. The number of hydrogen-bond donors (Lipinski definition) is 6. The molecule has 0 aliphatic carbocycles. The van der Waals surface area contributed by atoms with Crippen molar-refractivity contribution in [2.75, 3.05) is 20.7 Å². The van der Waals surface area contributed by atoms with E-state index in [4.69, 9.17) is 10.5 Å². The first-order chi connectivity index (χ1) is 28.1. The standard InChI is InChI=1S/C44H81N7O9/c1-12-13-14-15-16-17-18-19-20-21-22-23-36(53)50-44(8,9)43(59)51(10)28-37(54)46-33(26-29(2)3)40(56)49-38(31(6)7)41(57)47-32(24-25-35(45)52)39(55)48-34(27-30(4)5)42(58)60-11/h29-34,38H,12-28H2,1-11H3,(H2,45,52)(H,46,54)(H,47,57)(H,48,55)(H,49,56)(H,50,53)/t32-,33-,34-,38-/m0/s1. The Morgan fingerprint density at radius 1 is 0.617 bits per heavy atom.